The zero-order valence-electron chi connectivity index (χ0n) is 7.43. The Morgan fingerprint density at radius 1 is 1.62 bits per heavy atom. The summed E-state index contributed by atoms with van der Waals surface area (Å²) in [6, 6.07) is 0. The first-order chi connectivity index (χ1) is 5.99. The Labute approximate surface area is 75.2 Å². The van der Waals surface area contributed by atoms with Gasteiger partial charge in [0.05, 0.1) is 7.11 Å². The van der Waals surface area contributed by atoms with Crippen LogP contribution in [0.2, 0.25) is 0 Å². The fourth-order valence-electron chi connectivity index (χ4n) is 0.885. The molecule has 0 fully saturated rings. The molecule has 0 aromatic heterocycles. The first-order valence-electron chi connectivity index (χ1n) is 3.84. The van der Waals surface area contributed by atoms with Crippen molar-refractivity contribution in [2.24, 2.45) is 11.5 Å². The molecule has 0 unspecified atom stereocenters. The Balaban J connectivity index is 4.43. The van der Waals surface area contributed by atoms with E-state index in [2.05, 4.69) is 4.74 Å². The van der Waals surface area contributed by atoms with Gasteiger partial charge in [-0.25, -0.2) is 13.6 Å². The van der Waals surface area contributed by atoms with Crippen LogP contribution in [0.15, 0.2) is 0 Å². The second-order valence-electron chi connectivity index (χ2n) is 2.72. The highest BCUT2D eigenvalue weighted by Crippen LogP contribution is 2.20. The van der Waals surface area contributed by atoms with E-state index in [4.69, 9.17) is 11.5 Å². The van der Waals surface area contributed by atoms with Gasteiger partial charge in [0.15, 0.2) is 5.54 Å². The summed E-state index contributed by atoms with van der Waals surface area (Å²) in [4.78, 5) is 10.9. The molecular weight excluding hydrogens is 182 g/mol. The molecule has 0 radical (unpaired) electrons. The Bertz CT molecular complexity index is 178. The first-order valence-corrected chi connectivity index (χ1v) is 3.84. The van der Waals surface area contributed by atoms with E-state index in [1.807, 2.05) is 0 Å². The summed E-state index contributed by atoms with van der Waals surface area (Å²) in [5.41, 5.74) is 8.11. The van der Waals surface area contributed by atoms with Crippen LogP contribution in [0.4, 0.5) is 8.78 Å². The van der Waals surface area contributed by atoms with E-state index in [1.54, 1.807) is 0 Å². The number of carbonyl (C=O) groups excluding carboxylic acids is 1. The first kappa shape index (κ1) is 12.2. The summed E-state index contributed by atoms with van der Waals surface area (Å²) >= 11 is 0. The molecule has 0 saturated heterocycles. The van der Waals surface area contributed by atoms with Crippen LogP contribution < -0.4 is 11.5 Å². The molecule has 6 heteroatoms. The van der Waals surface area contributed by atoms with E-state index in [1.165, 1.54) is 0 Å². The number of hydrogen-bond donors (Lipinski definition) is 2. The van der Waals surface area contributed by atoms with Crippen molar-refractivity contribution in [1.82, 2.24) is 0 Å². The molecule has 0 amide bonds. The molecule has 0 saturated carbocycles. The zero-order valence-corrected chi connectivity index (χ0v) is 7.43. The van der Waals surface area contributed by atoms with Crippen LogP contribution in [0, 0.1) is 0 Å². The smallest absolute Gasteiger partial charge is 0.331 e. The second-order valence-corrected chi connectivity index (χ2v) is 2.72. The maximum Gasteiger partial charge on any atom is 0.331 e. The Morgan fingerprint density at radius 2 is 2.15 bits per heavy atom. The summed E-state index contributed by atoms with van der Waals surface area (Å²) in [5.74, 6) is -1.10. The maximum atomic E-state index is 12.4. The van der Waals surface area contributed by atoms with Gasteiger partial charge < -0.3 is 16.2 Å². The van der Waals surface area contributed by atoms with Gasteiger partial charge in [-0.3, -0.25) is 0 Å². The van der Waals surface area contributed by atoms with Crippen LogP contribution in [0.1, 0.15) is 12.8 Å². The molecule has 78 valence electrons. The standard InChI is InChI=1S/C7H14F2N2O2/c1-13-6(12)7(11,5(8)9)3-2-4-10/h5H,2-4,10-11H2,1H3/t7-/m1/s1. The number of methoxy groups -OCH3 is 1. The van der Waals surface area contributed by atoms with Gasteiger partial charge in [-0.1, -0.05) is 0 Å². The van der Waals surface area contributed by atoms with Crippen molar-refractivity contribution in [2.45, 2.75) is 24.8 Å². The van der Waals surface area contributed by atoms with E-state index >= 15 is 0 Å². The predicted molar refractivity (Wildman–Crippen MR) is 43.2 cm³/mol. The maximum absolute atomic E-state index is 12.4. The van der Waals surface area contributed by atoms with E-state index in [0.29, 0.717) is 0 Å². The number of nitrogens with two attached hydrogens (primary N) is 2. The summed E-state index contributed by atoms with van der Waals surface area (Å²) in [6.45, 7) is 0.211. The zero-order chi connectivity index (χ0) is 10.5. The number of ether oxygens (including phenoxy) is 1. The van der Waals surface area contributed by atoms with Gasteiger partial charge >= 0.3 is 5.97 Å². The van der Waals surface area contributed by atoms with E-state index in [0.717, 1.165) is 7.11 Å². The number of rotatable bonds is 5. The molecule has 0 rings (SSSR count). The van der Waals surface area contributed by atoms with Crippen molar-refractivity contribution in [2.75, 3.05) is 13.7 Å². The van der Waals surface area contributed by atoms with Gasteiger partial charge in [0, 0.05) is 0 Å². The van der Waals surface area contributed by atoms with Gasteiger partial charge in [0.1, 0.15) is 0 Å². The van der Waals surface area contributed by atoms with Crippen molar-refractivity contribution >= 4 is 5.97 Å². The lowest BCUT2D eigenvalue weighted by molar-refractivity contribution is -0.153. The summed E-state index contributed by atoms with van der Waals surface area (Å²) in [7, 11) is 1.02. The molecule has 0 heterocycles. The van der Waals surface area contributed by atoms with Crippen LogP contribution in [-0.4, -0.2) is 31.6 Å². The number of alkyl halides is 2. The van der Waals surface area contributed by atoms with E-state index in [9.17, 15) is 13.6 Å². The van der Waals surface area contributed by atoms with Crippen molar-refractivity contribution < 1.29 is 18.3 Å². The van der Waals surface area contributed by atoms with Crippen LogP contribution in [0.3, 0.4) is 0 Å². The fourth-order valence-corrected chi connectivity index (χ4v) is 0.885. The van der Waals surface area contributed by atoms with E-state index < -0.39 is 17.9 Å². The van der Waals surface area contributed by atoms with Crippen molar-refractivity contribution in [3.63, 3.8) is 0 Å². The quantitative estimate of drug-likeness (QED) is 0.600. The molecule has 0 spiro atoms. The SMILES string of the molecule is COC(=O)[C@@](N)(CCCN)C(F)F. The minimum Gasteiger partial charge on any atom is -0.467 e. The molecule has 0 aliphatic carbocycles. The molecule has 0 aromatic carbocycles. The predicted octanol–water partition coefficient (Wildman–Crippen LogP) is -0.139. The fraction of sp³-hybridized carbons (Fsp3) is 0.857. The monoisotopic (exact) mass is 196 g/mol. The highest BCUT2D eigenvalue weighted by molar-refractivity contribution is 5.81. The van der Waals surface area contributed by atoms with Gasteiger partial charge in [0.2, 0.25) is 0 Å². The Kier molecular flexibility index (Phi) is 4.79. The topological polar surface area (TPSA) is 78.3 Å². The molecule has 13 heavy (non-hydrogen) atoms. The minimum atomic E-state index is -2.94. The average Bonchev–Trinajstić information content (AvgIpc) is 2.12. The minimum absolute atomic E-state index is 0.173. The average molecular weight is 196 g/mol. The molecule has 4 N–H and O–H groups in total. The highest BCUT2D eigenvalue weighted by Gasteiger charge is 2.44. The molecule has 0 aliphatic rings. The lowest BCUT2D eigenvalue weighted by Crippen LogP contribution is -2.55. The number of hydrogen-bond acceptors (Lipinski definition) is 4. The number of carbonyl (C=O) groups is 1. The molecule has 4 nitrogen and oxygen atoms in total. The highest BCUT2D eigenvalue weighted by atomic mass is 19.3. The lowest BCUT2D eigenvalue weighted by atomic mass is 9.95. The molecule has 0 bridgehead atoms. The van der Waals surface area contributed by atoms with Gasteiger partial charge in [0.25, 0.3) is 6.43 Å². The molecule has 1 atom stereocenters. The lowest BCUT2D eigenvalue weighted by Gasteiger charge is -2.24. The third kappa shape index (κ3) is 2.89. The summed E-state index contributed by atoms with van der Waals surface area (Å²) in [5, 5.41) is 0. The summed E-state index contributed by atoms with van der Waals surface area (Å²) < 4.78 is 28.9. The second kappa shape index (κ2) is 5.08. The Morgan fingerprint density at radius 3 is 2.46 bits per heavy atom. The van der Waals surface area contributed by atoms with Crippen molar-refractivity contribution in [1.29, 1.82) is 0 Å². The number of esters is 1. The third-order valence-corrected chi connectivity index (χ3v) is 1.75. The van der Waals surface area contributed by atoms with Crippen LogP contribution in [0.25, 0.3) is 0 Å². The van der Waals surface area contributed by atoms with Crippen LogP contribution >= 0.6 is 0 Å². The molecule has 0 aromatic rings. The van der Waals surface area contributed by atoms with E-state index in [-0.39, 0.29) is 19.4 Å². The molecule has 0 aliphatic heterocycles. The summed E-state index contributed by atoms with van der Waals surface area (Å²) in [6.07, 6.45) is -2.85. The van der Waals surface area contributed by atoms with Crippen molar-refractivity contribution in [3.8, 4) is 0 Å². The van der Waals surface area contributed by atoms with Crippen LogP contribution in [-0.2, 0) is 9.53 Å². The normalized spacial score (nSPS) is 15.5. The van der Waals surface area contributed by atoms with Gasteiger partial charge in [-0.15, -0.1) is 0 Å². The number of halogens is 2. The largest absolute Gasteiger partial charge is 0.467 e. The van der Waals surface area contributed by atoms with Gasteiger partial charge in [-0.05, 0) is 19.4 Å². The van der Waals surface area contributed by atoms with Gasteiger partial charge in [-0.2, -0.15) is 0 Å². The van der Waals surface area contributed by atoms with Crippen LogP contribution in [0.5, 0.6) is 0 Å². The third-order valence-electron chi connectivity index (χ3n) is 1.75. The Hall–Kier alpha value is -0.750. The molecular formula is C7H14F2N2O2. The van der Waals surface area contributed by atoms with Crippen molar-refractivity contribution in [3.05, 3.63) is 0 Å².